The Labute approximate surface area is 198 Å². The fourth-order valence-corrected chi connectivity index (χ4v) is 3.49. The monoisotopic (exact) mass is 450 g/mol. The van der Waals surface area contributed by atoms with E-state index in [1.54, 1.807) is 0 Å². The van der Waals surface area contributed by atoms with Crippen molar-refractivity contribution in [3.05, 3.63) is 0 Å². The van der Waals surface area contributed by atoms with Crippen molar-refractivity contribution in [2.45, 2.75) is 149 Å². The Hall–Kier alpha value is -1.50. The van der Waals surface area contributed by atoms with E-state index in [1.165, 1.54) is 64.2 Å². The minimum absolute atomic E-state index is 0.149. The van der Waals surface area contributed by atoms with E-state index in [2.05, 4.69) is 25.7 Å². The lowest BCUT2D eigenvalue weighted by Crippen LogP contribution is -2.17. The first-order valence-electron chi connectivity index (χ1n) is 13.4. The van der Waals surface area contributed by atoms with Crippen molar-refractivity contribution in [2.24, 2.45) is 0 Å². The standard InChI is InChI=1S/C28H50O4/c1-4-7-9-11-12-13-14-15-16-17-18-20-25-31-27(29)23-21-24-28(30)32-26(6-3)22-19-10-8-5-2/h26H,4-9,11-18,20-25H2,1-3H3. The van der Waals surface area contributed by atoms with Gasteiger partial charge in [0.25, 0.3) is 0 Å². The predicted octanol–water partition coefficient (Wildman–Crippen LogP) is 7.92. The van der Waals surface area contributed by atoms with Crippen molar-refractivity contribution < 1.29 is 19.1 Å². The summed E-state index contributed by atoms with van der Waals surface area (Å²) < 4.78 is 10.7. The molecule has 0 spiro atoms. The molecule has 0 aliphatic heterocycles. The maximum atomic E-state index is 11.9. The first-order chi connectivity index (χ1) is 15.6. The molecule has 0 heterocycles. The van der Waals surface area contributed by atoms with Crippen LogP contribution in [0.4, 0.5) is 0 Å². The van der Waals surface area contributed by atoms with Crippen molar-refractivity contribution in [1.29, 1.82) is 0 Å². The normalized spacial score (nSPS) is 11.5. The lowest BCUT2D eigenvalue weighted by atomic mass is 10.1. The predicted molar refractivity (Wildman–Crippen MR) is 133 cm³/mol. The molecule has 0 saturated carbocycles. The summed E-state index contributed by atoms with van der Waals surface area (Å²) in [5, 5.41) is 0. The number of esters is 2. The number of ether oxygens (including phenoxy) is 2. The Bertz CT molecular complexity index is 503. The highest BCUT2D eigenvalue weighted by molar-refractivity contribution is 5.72. The van der Waals surface area contributed by atoms with Gasteiger partial charge in [0.2, 0.25) is 0 Å². The Morgan fingerprint density at radius 2 is 1.22 bits per heavy atom. The van der Waals surface area contributed by atoms with Crippen LogP contribution in [0.25, 0.3) is 0 Å². The van der Waals surface area contributed by atoms with Crippen LogP contribution in [0.15, 0.2) is 0 Å². The second-order valence-electron chi connectivity index (χ2n) is 8.79. The lowest BCUT2D eigenvalue weighted by Gasteiger charge is -2.13. The van der Waals surface area contributed by atoms with Crippen molar-refractivity contribution in [1.82, 2.24) is 0 Å². The molecule has 0 rings (SSSR count). The van der Waals surface area contributed by atoms with Gasteiger partial charge in [-0.1, -0.05) is 97.3 Å². The topological polar surface area (TPSA) is 52.6 Å². The maximum Gasteiger partial charge on any atom is 0.306 e. The highest BCUT2D eigenvalue weighted by Gasteiger charge is 2.12. The molecule has 0 amide bonds. The molecule has 0 aliphatic carbocycles. The molecular weight excluding hydrogens is 400 g/mol. The highest BCUT2D eigenvalue weighted by atomic mass is 16.5. The molecule has 0 saturated heterocycles. The lowest BCUT2D eigenvalue weighted by molar-refractivity contribution is -0.149. The Balaban J connectivity index is 3.52. The SMILES string of the molecule is CCCC#CCC(CC)OC(=O)CCCC(=O)OCCCCCCCCCCCCCC. The van der Waals surface area contributed by atoms with Crippen LogP contribution >= 0.6 is 0 Å². The summed E-state index contributed by atoms with van der Waals surface area (Å²) in [5.74, 6) is 5.70. The Morgan fingerprint density at radius 1 is 0.656 bits per heavy atom. The van der Waals surface area contributed by atoms with E-state index in [9.17, 15) is 9.59 Å². The van der Waals surface area contributed by atoms with E-state index in [0.717, 1.165) is 32.1 Å². The van der Waals surface area contributed by atoms with Gasteiger partial charge >= 0.3 is 11.9 Å². The van der Waals surface area contributed by atoms with E-state index in [-0.39, 0.29) is 30.9 Å². The van der Waals surface area contributed by atoms with Gasteiger partial charge in [0.05, 0.1) is 6.61 Å². The van der Waals surface area contributed by atoms with Crippen molar-refractivity contribution in [2.75, 3.05) is 6.61 Å². The summed E-state index contributed by atoms with van der Waals surface area (Å²) in [6.07, 6.45) is 19.6. The number of carbonyl (C=O) groups excluding carboxylic acids is 2. The minimum Gasteiger partial charge on any atom is -0.466 e. The van der Waals surface area contributed by atoms with E-state index in [1.807, 2.05) is 6.92 Å². The second-order valence-corrected chi connectivity index (χ2v) is 8.79. The molecule has 0 aromatic carbocycles. The van der Waals surface area contributed by atoms with E-state index in [4.69, 9.17) is 9.47 Å². The summed E-state index contributed by atoms with van der Waals surface area (Å²) in [5.41, 5.74) is 0. The van der Waals surface area contributed by atoms with Crippen molar-refractivity contribution in [3.63, 3.8) is 0 Å². The summed E-state index contributed by atoms with van der Waals surface area (Å²) in [6.45, 7) is 6.84. The third-order valence-corrected chi connectivity index (χ3v) is 5.61. The van der Waals surface area contributed by atoms with Crippen LogP contribution in [0.2, 0.25) is 0 Å². The third-order valence-electron chi connectivity index (χ3n) is 5.61. The van der Waals surface area contributed by atoms with Crippen LogP contribution in [0.3, 0.4) is 0 Å². The average Bonchev–Trinajstić information content (AvgIpc) is 2.79. The number of unbranched alkanes of at least 4 members (excludes halogenated alkanes) is 12. The van der Waals surface area contributed by atoms with Crippen molar-refractivity contribution >= 4 is 11.9 Å². The van der Waals surface area contributed by atoms with Crippen LogP contribution in [-0.2, 0) is 19.1 Å². The highest BCUT2D eigenvalue weighted by Crippen LogP contribution is 2.12. The van der Waals surface area contributed by atoms with Gasteiger partial charge in [0.1, 0.15) is 6.10 Å². The van der Waals surface area contributed by atoms with Crippen LogP contribution in [0.1, 0.15) is 143 Å². The summed E-state index contributed by atoms with van der Waals surface area (Å²) in [7, 11) is 0. The fourth-order valence-electron chi connectivity index (χ4n) is 3.49. The minimum atomic E-state index is -0.247. The van der Waals surface area contributed by atoms with Crippen LogP contribution in [-0.4, -0.2) is 24.6 Å². The molecule has 0 bridgehead atoms. The Kier molecular flexibility index (Phi) is 23.0. The zero-order valence-corrected chi connectivity index (χ0v) is 21.4. The van der Waals surface area contributed by atoms with Crippen LogP contribution < -0.4 is 0 Å². The molecule has 4 heteroatoms. The molecule has 186 valence electrons. The van der Waals surface area contributed by atoms with E-state index >= 15 is 0 Å². The first kappa shape index (κ1) is 30.5. The number of hydrogen-bond donors (Lipinski definition) is 0. The zero-order valence-electron chi connectivity index (χ0n) is 21.4. The molecule has 4 nitrogen and oxygen atoms in total. The van der Waals surface area contributed by atoms with E-state index < -0.39 is 0 Å². The molecule has 0 N–H and O–H groups in total. The maximum absolute atomic E-state index is 11.9. The molecule has 1 atom stereocenters. The van der Waals surface area contributed by atoms with E-state index in [0.29, 0.717) is 19.4 Å². The number of hydrogen-bond acceptors (Lipinski definition) is 4. The van der Waals surface area contributed by atoms with Gasteiger partial charge in [-0.05, 0) is 25.7 Å². The summed E-state index contributed by atoms with van der Waals surface area (Å²) >= 11 is 0. The molecule has 1 unspecified atom stereocenters. The fraction of sp³-hybridized carbons (Fsp3) is 0.857. The summed E-state index contributed by atoms with van der Waals surface area (Å²) in [6, 6.07) is 0. The van der Waals surface area contributed by atoms with Crippen LogP contribution in [0, 0.1) is 11.8 Å². The summed E-state index contributed by atoms with van der Waals surface area (Å²) in [4.78, 5) is 23.8. The molecular formula is C28H50O4. The smallest absolute Gasteiger partial charge is 0.306 e. The Morgan fingerprint density at radius 3 is 1.78 bits per heavy atom. The van der Waals surface area contributed by atoms with Gasteiger partial charge in [0, 0.05) is 25.7 Å². The molecule has 0 fully saturated rings. The number of carbonyl (C=O) groups is 2. The zero-order chi connectivity index (χ0) is 23.7. The van der Waals surface area contributed by atoms with Crippen molar-refractivity contribution in [3.8, 4) is 11.8 Å². The molecule has 32 heavy (non-hydrogen) atoms. The third kappa shape index (κ3) is 21.7. The largest absolute Gasteiger partial charge is 0.466 e. The van der Waals surface area contributed by atoms with Gasteiger partial charge < -0.3 is 9.47 Å². The molecule has 0 aromatic rings. The molecule has 0 aromatic heterocycles. The second kappa shape index (κ2) is 24.1. The molecule has 0 aliphatic rings. The average molecular weight is 451 g/mol. The van der Waals surface area contributed by atoms with Gasteiger partial charge in [-0.25, -0.2) is 0 Å². The van der Waals surface area contributed by atoms with Crippen LogP contribution in [0.5, 0.6) is 0 Å². The van der Waals surface area contributed by atoms with Gasteiger partial charge in [-0.2, -0.15) is 0 Å². The first-order valence-corrected chi connectivity index (χ1v) is 13.4. The quantitative estimate of drug-likeness (QED) is 0.101. The van der Waals surface area contributed by atoms with Gasteiger partial charge in [-0.3, -0.25) is 9.59 Å². The van der Waals surface area contributed by atoms with Gasteiger partial charge in [0.15, 0.2) is 0 Å². The number of rotatable bonds is 21. The molecule has 0 radical (unpaired) electrons. The van der Waals surface area contributed by atoms with Gasteiger partial charge in [-0.15, -0.1) is 5.92 Å².